The summed E-state index contributed by atoms with van der Waals surface area (Å²) in [5, 5.41) is 14.4. The van der Waals surface area contributed by atoms with Crippen molar-refractivity contribution in [3.63, 3.8) is 0 Å². The Kier molecular flexibility index (Phi) is 13.9. The van der Waals surface area contributed by atoms with E-state index in [-0.39, 0.29) is 12.5 Å². The number of amides is 1. The van der Waals surface area contributed by atoms with E-state index in [4.69, 9.17) is 15.5 Å². The zero-order chi connectivity index (χ0) is 18.0. The highest BCUT2D eigenvalue weighted by atomic mass is 16.5. The average molecular weight is 339 g/mol. The number of ether oxygens (including phenoxy) is 2. The zero-order valence-electron chi connectivity index (χ0n) is 14.1. The molecule has 1 atom stereocenters. The van der Waals surface area contributed by atoms with E-state index in [0.717, 1.165) is 12.8 Å². The van der Waals surface area contributed by atoms with Gasteiger partial charge in [-0.25, -0.2) is 4.79 Å². The Morgan fingerprint density at radius 1 is 1.29 bits per heavy atom. The first-order chi connectivity index (χ1) is 11.7. The molecule has 1 N–H and O–H groups in total. The lowest BCUT2D eigenvalue weighted by Crippen LogP contribution is -2.41. The predicted octanol–water partition coefficient (Wildman–Crippen LogP) is 2.57. The molecule has 24 heavy (non-hydrogen) atoms. The van der Waals surface area contributed by atoms with Crippen LogP contribution in [-0.4, -0.2) is 37.7 Å². The van der Waals surface area contributed by atoms with Crippen molar-refractivity contribution in [2.75, 3.05) is 19.8 Å². The molecule has 0 unspecified atom stereocenters. The number of nitrogens with one attached hydrogen (secondary N) is 1. The molecule has 0 aromatic heterocycles. The second kappa shape index (κ2) is 15.4. The van der Waals surface area contributed by atoms with Crippen molar-refractivity contribution in [1.82, 2.24) is 5.32 Å². The van der Waals surface area contributed by atoms with Crippen LogP contribution in [0.25, 0.3) is 10.4 Å². The van der Waals surface area contributed by atoms with Crippen molar-refractivity contribution in [1.29, 1.82) is 5.26 Å². The van der Waals surface area contributed by atoms with Crippen LogP contribution in [0.4, 0.5) is 0 Å². The minimum atomic E-state index is -0.678. The maximum Gasteiger partial charge on any atom is 0.328 e. The summed E-state index contributed by atoms with van der Waals surface area (Å²) in [6, 6.07) is -0.678. The minimum absolute atomic E-state index is 0.204. The Morgan fingerprint density at radius 3 is 2.75 bits per heavy atom. The highest BCUT2D eigenvalue weighted by Gasteiger charge is 2.21. The Balaban J connectivity index is 4.12. The third kappa shape index (κ3) is 12.1. The molecule has 0 radical (unpaired) electrons. The molecule has 9 nitrogen and oxygen atoms in total. The van der Waals surface area contributed by atoms with E-state index in [0.29, 0.717) is 45.3 Å². The first kappa shape index (κ1) is 21.5. The molecule has 0 aromatic carbocycles. The van der Waals surface area contributed by atoms with Gasteiger partial charge in [0.2, 0.25) is 5.91 Å². The summed E-state index contributed by atoms with van der Waals surface area (Å²) >= 11 is 0. The molecule has 1 amide bonds. The van der Waals surface area contributed by atoms with Crippen molar-refractivity contribution in [2.45, 2.75) is 57.9 Å². The maximum absolute atomic E-state index is 11.9. The second-order valence-corrected chi connectivity index (χ2v) is 5.07. The first-order valence-corrected chi connectivity index (χ1v) is 8.13. The number of esters is 1. The number of carbonyl (C=O) groups is 2. The maximum atomic E-state index is 11.9. The van der Waals surface area contributed by atoms with Crippen LogP contribution in [0.5, 0.6) is 0 Å². The molecular weight excluding hydrogens is 314 g/mol. The van der Waals surface area contributed by atoms with E-state index in [9.17, 15) is 9.59 Å². The summed E-state index contributed by atoms with van der Waals surface area (Å²) in [5.74, 6) is -0.652. The molecule has 0 saturated carbocycles. The van der Waals surface area contributed by atoms with Crippen molar-refractivity contribution in [2.24, 2.45) is 5.11 Å². The van der Waals surface area contributed by atoms with E-state index >= 15 is 0 Å². The fraction of sp³-hybridized carbons (Fsp3) is 0.800. The smallest absolute Gasteiger partial charge is 0.328 e. The molecule has 0 aliphatic heterocycles. The molecule has 0 aromatic rings. The van der Waals surface area contributed by atoms with Gasteiger partial charge >= 0.3 is 5.97 Å². The lowest BCUT2D eigenvalue weighted by molar-refractivity contribution is -0.147. The molecule has 0 heterocycles. The molecule has 0 saturated heterocycles. The van der Waals surface area contributed by atoms with Crippen molar-refractivity contribution >= 4 is 11.9 Å². The van der Waals surface area contributed by atoms with Gasteiger partial charge in [-0.05, 0) is 44.6 Å². The van der Waals surface area contributed by atoms with E-state index in [1.54, 1.807) is 13.2 Å². The number of carbonyl (C=O) groups excluding carboxylic acids is 2. The standard InChI is InChI=1S/C15H25N5O4/c1-2-24-15(22)13(8-5-7-11-23-12-16)19-14(21)9-4-3-6-10-18-20-17/h13H,2-11H2,1H3,(H,19,21)/t13-/m0/s1. The summed E-state index contributed by atoms with van der Waals surface area (Å²) in [5.41, 5.74) is 8.15. The lowest BCUT2D eigenvalue weighted by atomic mass is 10.1. The average Bonchev–Trinajstić information content (AvgIpc) is 2.57. The Hall–Kier alpha value is -2.46. The molecule has 9 heteroatoms. The summed E-state index contributed by atoms with van der Waals surface area (Å²) in [6.07, 6.45) is 5.77. The molecule has 0 aliphatic carbocycles. The number of hydrogen-bond acceptors (Lipinski definition) is 6. The number of rotatable bonds is 14. The van der Waals surface area contributed by atoms with Gasteiger partial charge in [-0.3, -0.25) is 4.79 Å². The van der Waals surface area contributed by atoms with Gasteiger partial charge < -0.3 is 14.8 Å². The van der Waals surface area contributed by atoms with Crippen LogP contribution in [0.3, 0.4) is 0 Å². The quantitative estimate of drug-likeness (QED) is 0.129. The van der Waals surface area contributed by atoms with Crippen LogP contribution in [0.2, 0.25) is 0 Å². The van der Waals surface area contributed by atoms with Crippen LogP contribution in [0.15, 0.2) is 5.11 Å². The van der Waals surface area contributed by atoms with Gasteiger partial charge in [-0.1, -0.05) is 11.5 Å². The molecular formula is C15H25N5O4. The predicted molar refractivity (Wildman–Crippen MR) is 86.5 cm³/mol. The van der Waals surface area contributed by atoms with Gasteiger partial charge in [-0.15, -0.1) is 0 Å². The van der Waals surface area contributed by atoms with Gasteiger partial charge in [0.25, 0.3) is 6.26 Å². The number of hydrogen-bond donors (Lipinski definition) is 1. The van der Waals surface area contributed by atoms with E-state index in [2.05, 4.69) is 20.1 Å². The third-order valence-electron chi connectivity index (χ3n) is 3.19. The van der Waals surface area contributed by atoms with E-state index < -0.39 is 12.0 Å². The van der Waals surface area contributed by atoms with Gasteiger partial charge in [0, 0.05) is 17.9 Å². The number of azide groups is 1. The van der Waals surface area contributed by atoms with Crippen LogP contribution >= 0.6 is 0 Å². The summed E-state index contributed by atoms with van der Waals surface area (Å²) in [6.45, 7) is 2.68. The first-order valence-electron chi connectivity index (χ1n) is 8.13. The Morgan fingerprint density at radius 2 is 2.08 bits per heavy atom. The van der Waals surface area contributed by atoms with Gasteiger partial charge in [-0.2, -0.15) is 5.26 Å². The van der Waals surface area contributed by atoms with Gasteiger partial charge in [0.15, 0.2) is 0 Å². The molecule has 0 rings (SSSR count). The van der Waals surface area contributed by atoms with Crippen molar-refractivity contribution < 1.29 is 19.1 Å². The number of unbranched alkanes of at least 4 members (excludes halogenated alkanes) is 3. The largest absolute Gasteiger partial charge is 0.464 e. The second-order valence-electron chi connectivity index (χ2n) is 5.07. The molecule has 134 valence electrons. The van der Waals surface area contributed by atoms with E-state index in [1.165, 1.54) is 0 Å². The van der Waals surface area contributed by atoms with Crippen molar-refractivity contribution in [3.8, 4) is 6.26 Å². The fourth-order valence-corrected chi connectivity index (χ4v) is 2.02. The summed E-state index contributed by atoms with van der Waals surface area (Å²) < 4.78 is 9.54. The normalized spacial score (nSPS) is 10.8. The Bertz CT molecular complexity index is 457. The molecule has 0 aliphatic rings. The topological polar surface area (TPSA) is 137 Å². The highest BCUT2D eigenvalue weighted by Crippen LogP contribution is 2.06. The number of nitrogens with zero attached hydrogens (tertiary/aromatic N) is 4. The van der Waals surface area contributed by atoms with Gasteiger partial charge in [0.05, 0.1) is 6.61 Å². The lowest BCUT2D eigenvalue weighted by Gasteiger charge is -2.17. The van der Waals surface area contributed by atoms with Gasteiger partial charge in [0.1, 0.15) is 12.6 Å². The van der Waals surface area contributed by atoms with Crippen LogP contribution in [0, 0.1) is 11.5 Å². The highest BCUT2D eigenvalue weighted by molar-refractivity contribution is 5.84. The number of nitriles is 1. The van der Waals surface area contributed by atoms with Crippen molar-refractivity contribution in [3.05, 3.63) is 10.4 Å². The summed E-state index contributed by atoms with van der Waals surface area (Å²) in [7, 11) is 0. The molecule has 0 bridgehead atoms. The molecule has 0 spiro atoms. The SMILES string of the molecule is CCOC(=O)[C@H](CCCCOC#N)NC(=O)CCCCCN=[N+]=[N-]. The third-order valence-corrected chi connectivity index (χ3v) is 3.19. The Labute approximate surface area is 141 Å². The van der Waals surface area contributed by atoms with Crippen LogP contribution in [-0.2, 0) is 19.1 Å². The van der Waals surface area contributed by atoms with E-state index in [1.807, 2.05) is 0 Å². The molecule has 0 fully saturated rings. The zero-order valence-corrected chi connectivity index (χ0v) is 14.1. The summed E-state index contributed by atoms with van der Waals surface area (Å²) in [4.78, 5) is 26.5. The monoisotopic (exact) mass is 339 g/mol. The minimum Gasteiger partial charge on any atom is -0.464 e. The van der Waals surface area contributed by atoms with Crippen LogP contribution < -0.4 is 5.32 Å². The fourth-order valence-electron chi connectivity index (χ4n) is 2.02. The van der Waals surface area contributed by atoms with Crippen LogP contribution in [0.1, 0.15) is 51.9 Å².